The van der Waals surface area contributed by atoms with Crippen LogP contribution in [0, 0.1) is 11.2 Å². The summed E-state index contributed by atoms with van der Waals surface area (Å²) in [4.78, 5) is 26.7. The Bertz CT molecular complexity index is 658. The van der Waals surface area contributed by atoms with Gasteiger partial charge in [0.15, 0.2) is 5.12 Å². The van der Waals surface area contributed by atoms with E-state index in [1.54, 1.807) is 0 Å². The first kappa shape index (κ1) is 18.7. The lowest BCUT2D eigenvalue weighted by Gasteiger charge is -2.21. The standard InChI is InChI=1S/C14H15BrFN3O2S/c1-4-5-14(2,3)13(21)22-11-6-8(12(20)18-19-17)10(16)7-9(11)15/h6-7H,4-5H2,1-3H3. The van der Waals surface area contributed by atoms with Crippen molar-refractivity contribution in [3.05, 3.63) is 38.4 Å². The largest absolute Gasteiger partial charge is 0.287 e. The fourth-order valence-corrected chi connectivity index (χ4v) is 3.30. The Labute approximate surface area is 140 Å². The van der Waals surface area contributed by atoms with Crippen molar-refractivity contribution in [2.45, 2.75) is 38.5 Å². The van der Waals surface area contributed by atoms with E-state index < -0.39 is 17.1 Å². The van der Waals surface area contributed by atoms with Gasteiger partial charge in [0.2, 0.25) is 0 Å². The number of carbonyl (C=O) groups excluding carboxylic acids is 2. The second-order valence-corrected chi connectivity index (χ2v) is 7.15. The van der Waals surface area contributed by atoms with Gasteiger partial charge in [-0.3, -0.25) is 9.59 Å². The molecule has 0 unspecified atom stereocenters. The van der Waals surface area contributed by atoms with E-state index in [1.807, 2.05) is 20.8 Å². The molecule has 0 saturated carbocycles. The Morgan fingerprint density at radius 1 is 1.45 bits per heavy atom. The molecule has 0 atom stereocenters. The van der Waals surface area contributed by atoms with Gasteiger partial charge in [-0.25, -0.2) is 4.39 Å². The number of halogens is 2. The molecule has 0 aliphatic heterocycles. The predicted molar refractivity (Wildman–Crippen MR) is 87.1 cm³/mol. The molecule has 118 valence electrons. The highest BCUT2D eigenvalue weighted by Crippen LogP contribution is 2.37. The highest BCUT2D eigenvalue weighted by atomic mass is 79.9. The molecule has 0 radical (unpaired) electrons. The van der Waals surface area contributed by atoms with Gasteiger partial charge in [0.25, 0.3) is 5.91 Å². The average Bonchev–Trinajstić information content (AvgIpc) is 2.41. The summed E-state index contributed by atoms with van der Waals surface area (Å²) in [6.45, 7) is 5.68. The molecule has 0 aliphatic rings. The summed E-state index contributed by atoms with van der Waals surface area (Å²) in [6, 6.07) is 2.31. The number of nitrogens with zero attached hydrogens (tertiary/aromatic N) is 3. The zero-order valence-electron chi connectivity index (χ0n) is 12.4. The molecular weight excluding hydrogens is 373 g/mol. The Hall–Kier alpha value is -1.37. The first-order valence-electron chi connectivity index (χ1n) is 6.53. The normalized spacial score (nSPS) is 11.0. The third-order valence-electron chi connectivity index (χ3n) is 3.02. The van der Waals surface area contributed by atoms with Crippen LogP contribution in [0.2, 0.25) is 0 Å². The van der Waals surface area contributed by atoms with E-state index >= 15 is 0 Å². The first-order valence-corrected chi connectivity index (χ1v) is 8.14. The van der Waals surface area contributed by atoms with Gasteiger partial charge in [0.1, 0.15) is 5.82 Å². The molecule has 0 fully saturated rings. The summed E-state index contributed by atoms with van der Waals surface area (Å²) in [7, 11) is 0. The summed E-state index contributed by atoms with van der Waals surface area (Å²) in [5.74, 6) is -1.83. The van der Waals surface area contributed by atoms with Gasteiger partial charge in [-0.05, 0) is 45.1 Å². The van der Waals surface area contributed by atoms with Crippen molar-refractivity contribution in [3.8, 4) is 0 Å². The van der Waals surface area contributed by atoms with Crippen LogP contribution in [0.25, 0.3) is 10.4 Å². The van der Waals surface area contributed by atoms with Crippen LogP contribution in [-0.4, -0.2) is 11.0 Å². The van der Waals surface area contributed by atoms with Crippen molar-refractivity contribution >= 4 is 38.7 Å². The van der Waals surface area contributed by atoms with E-state index in [-0.39, 0.29) is 10.7 Å². The third kappa shape index (κ3) is 4.56. The van der Waals surface area contributed by atoms with Crippen LogP contribution < -0.4 is 0 Å². The fraction of sp³-hybridized carbons (Fsp3) is 0.429. The lowest BCUT2D eigenvalue weighted by atomic mass is 9.90. The van der Waals surface area contributed by atoms with Gasteiger partial charge in [-0.2, -0.15) is 0 Å². The third-order valence-corrected chi connectivity index (χ3v) is 5.23. The molecule has 5 nitrogen and oxygen atoms in total. The molecule has 1 rings (SSSR count). The van der Waals surface area contributed by atoms with E-state index in [2.05, 4.69) is 26.0 Å². The van der Waals surface area contributed by atoms with Crippen molar-refractivity contribution in [2.75, 3.05) is 0 Å². The average molecular weight is 388 g/mol. The Morgan fingerprint density at radius 3 is 2.64 bits per heavy atom. The molecule has 0 spiro atoms. The monoisotopic (exact) mass is 387 g/mol. The van der Waals surface area contributed by atoms with Crippen LogP contribution >= 0.6 is 27.7 Å². The van der Waals surface area contributed by atoms with E-state index in [4.69, 9.17) is 5.53 Å². The minimum absolute atomic E-state index is 0.0798. The van der Waals surface area contributed by atoms with Crippen molar-refractivity contribution in [2.24, 2.45) is 10.5 Å². The van der Waals surface area contributed by atoms with Crippen molar-refractivity contribution in [1.29, 1.82) is 0 Å². The number of benzene rings is 1. The molecule has 8 heteroatoms. The number of amides is 1. The molecule has 0 aromatic heterocycles. The number of rotatable bonds is 5. The smallest absolute Gasteiger partial charge is 0.252 e. The minimum Gasteiger partial charge on any atom is -0.287 e. The molecule has 0 aliphatic carbocycles. The molecule has 1 aromatic carbocycles. The first-order chi connectivity index (χ1) is 10.2. The second-order valence-electron chi connectivity index (χ2n) is 5.28. The highest BCUT2D eigenvalue weighted by molar-refractivity contribution is 9.10. The second kappa shape index (κ2) is 7.76. The topological polar surface area (TPSA) is 82.9 Å². The molecule has 1 amide bonds. The maximum atomic E-state index is 13.8. The van der Waals surface area contributed by atoms with E-state index in [9.17, 15) is 14.0 Å². The number of azide groups is 1. The van der Waals surface area contributed by atoms with Gasteiger partial charge in [-0.15, -0.1) is 0 Å². The van der Waals surface area contributed by atoms with Crippen LogP contribution in [0.4, 0.5) is 4.39 Å². The highest BCUT2D eigenvalue weighted by Gasteiger charge is 2.28. The van der Waals surface area contributed by atoms with Gasteiger partial charge in [0.05, 0.1) is 5.56 Å². The van der Waals surface area contributed by atoms with E-state index in [0.29, 0.717) is 9.37 Å². The molecule has 0 saturated heterocycles. The SMILES string of the molecule is CCCC(C)(C)C(=O)Sc1cc(C(=O)N=[N+]=[N-])c(F)cc1Br. The van der Waals surface area contributed by atoms with Crippen LogP contribution in [0.1, 0.15) is 44.0 Å². The zero-order chi connectivity index (χ0) is 16.9. The number of hydrogen-bond donors (Lipinski definition) is 0. The van der Waals surface area contributed by atoms with Crippen LogP contribution in [-0.2, 0) is 4.79 Å². The van der Waals surface area contributed by atoms with Crippen LogP contribution in [0.5, 0.6) is 0 Å². The predicted octanol–water partition coefficient (Wildman–Crippen LogP) is 5.48. The summed E-state index contributed by atoms with van der Waals surface area (Å²) in [5, 5.41) is 2.80. The van der Waals surface area contributed by atoms with Crippen molar-refractivity contribution < 1.29 is 14.0 Å². The molecule has 0 N–H and O–H groups in total. The van der Waals surface area contributed by atoms with Gasteiger partial charge in [-0.1, -0.05) is 39.0 Å². The van der Waals surface area contributed by atoms with Crippen LogP contribution in [0.15, 0.2) is 26.6 Å². The molecule has 0 heterocycles. The summed E-state index contributed by atoms with van der Waals surface area (Å²) in [5.41, 5.74) is 7.39. The Balaban J connectivity index is 3.15. The van der Waals surface area contributed by atoms with Gasteiger partial charge in [0, 0.05) is 19.7 Å². The van der Waals surface area contributed by atoms with Crippen LogP contribution in [0.3, 0.4) is 0 Å². The van der Waals surface area contributed by atoms with Crippen molar-refractivity contribution in [1.82, 2.24) is 0 Å². The quantitative estimate of drug-likeness (QED) is 0.290. The number of thioether (sulfide) groups is 1. The van der Waals surface area contributed by atoms with E-state index in [0.717, 1.165) is 30.7 Å². The molecule has 22 heavy (non-hydrogen) atoms. The maximum absolute atomic E-state index is 13.8. The van der Waals surface area contributed by atoms with Gasteiger partial charge >= 0.3 is 0 Å². The number of hydrogen-bond acceptors (Lipinski definition) is 3. The molecule has 1 aromatic rings. The lowest BCUT2D eigenvalue weighted by Crippen LogP contribution is -2.21. The zero-order valence-corrected chi connectivity index (χ0v) is 14.8. The van der Waals surface area contributed by atoms with Crippen molar-refractivity contribution in [3.63, 3.8) is 0 Å². The maximum Gasteiger partial charge on any atom is 0.252 e. The summed E-state index contributed by atoms with van der Waals surface area (Å²) in [6.07, 6.45) is 1.59. The van der Waals surface area contributed by atoms with Gasteiger partial charge < -0.3 is 0 Å². The summed E-state index contributed by atoms with van der Waals surface area (Å²) >= 11 is 4.11. The Kier molecular flexibility index (Phi) is 6.59. The van der Waals surface area contributed by atoms with E-state index in [1.165, 1.54) is 6.07 Å². The molecule has 0 bridgehead atoms. The summed E-state index contributed by atoms with van der Waals surface area (Å²) < 4.78 is 14.1. The number of carbonyl (C=O) groups is 2. The minimum atomic E-state index is -1.02. The fourth-order valence-electron chi connectivity index (χ4n) is 1.83. The Morgan fingerprint density at radius 2 is 2.09 bits per heavy atom. The lowest BCUT2D eigenvalue weighted by molar-refractivity contribution is -0.118. The molecular formula is C14H15BrFN3O2S.